The van der Waals surface area contributed by atoms with Crippen molar-refractivity contribution in [3.63, 3.8) is 0 Å². The quantitative estimate of drug-likeness (QED) is 0.194. The summed E-state index contributed by atoms with van der Waals surface area (Å²) < 4.78 is 0.967. The molecule has 194 valence electrons. The van der Waals surface area contributed by atoms with Crippen LogP contribution in [-0.2, 0) is 9.59 Å². The highest BCUT2D eigenvalue weighted by Crippen LogP contribution is 2.32. The Morgan fingerprint density at radius 1 is 0.757 bits per heavy atom. The summed E-state index contributed by atoms with van der Waals surface area (Å²) in [5.74, 6) is -0.953. The Bertz CT molecular complexity index is 1290. The second-order valence-electron chi connectivity index (χ2n) is 7.93. The summed E-state index contributed by atoms with van der Waals surface area (Å²) in [4.78, 5) is 46.3. The van der Waals surface area contributed by atoms with Gasteiger partial charge in [-0.3, -0.25) is 29.8 Å². The zero-order valence-electron chi connectivity index (χ0n) is 20.2. The number of amides is 2. The predicted octanol–water partition coefficient (Wildman–Crippen LogP) is 5.05. The van der Waals surface area contributed by atoms with Crippen molar-refractivity contribution in [3.8, 4) is 0 Å². The van der Waals surface area contributed by atoms with E-state index in [1.165, 1.54) is 23.5 Å². The average Bonchev–Trinajstić information content (AvgIpc) is 3.28. The van der Waals surface area contributed by atoms with E-state index in [1.54, 1.807) is 39.8 Å². The number of carbonyl (C=O) groups is 2. The normalized spacial score (nSPS) is 10.7. The second-order valence-corrected chi connectivity index (χ2v) is 11.4. The van der Waals surface area contributed by atoms with E-state index in [2.05, 4.69) is 20.8 Å². The minimum absolute atomic E-state index is 0.0414. The van der Waals surface area contributed by atoms with Gasteiger partial charge >= 0.3 is 0 Å². The Morgan fingerprint density at radius 3 is 1.46 bits per heavy atom. The van der Waals surface area contributed by atoms with E-state index >= 15 is 0 Å². The SMILES string of the molecule is Cc1cc(NC(=O)CSc2nnc(SCC(=O)Nc3cc(C)c(C)cc3[N+](=O)[O-])s2)c([N+](=O)[O-])cc1C. The maximum absolute atomic E-state index is 12.4. The Labute approximate surface area is 223 Å². The number of aromatic nitrogens is 2. The molecule has 0 aliphatic rings. The van der Waals surface area contributed by atoms with Gasteiger partial charge in [-0.05, 0) is 62.1 Å². The number of aryl methyl sites for hydroxylation is 4. The Kier molecular flexibility index (Phi) is 9.18. The van der Waals surface area contributed by atoms with Crippen LogP contribution >= 0.6 is 34.9 Å². The molecule has 0 unspecified atom stereocenters. The lowest BCUT2D eigenvalue weighted by molar-refractivity contribution is -0.384. The molecule has 37 heavy (non-hydrogen) atoms. The number of carbonyl (C=O) groups excluding carboxylic acids is 2. The molecule has 0 saturated heterocycles. The van der Waals surface area contributed by atoms with Gasteiger partial charge in [0.2, 0.25) is 11.8 Å². The molecule has 0 bridgehead atoms. The first kappa shape index (κ1) is 28.0. The van der Waals surface area contributed by atoms with Crippen LogP contribution in [0.25, 0.3) is 0 Å². The van der Waals surface area contributed by atoms with Gasteiger partial charge in [0.25, 0.3) is 11.4 Å². The monoisotopic (exact) mass is 562 g/mol. The summed E-state index contributed by atoms with van der Waals surface area (Å²) in [6.07, 6.45) is 0. The number of benzene rings is 2. The van der Waals surface area contributed by atoms with Gasteiger partial charge in [0.05, 0.1) is 21.4 Å². The first-order chi connectivity index (χ1) is 17.4. The Hall–Kier alpha value is -3.56. The number of nitrogens with one attached hydrogen (secondary N) is 2. The number of hydrogen-bond donors (Lipinski definition) is 2. The van der Waals surface area contributed by atoms with Crippen molar-refractivity contribution in [2.24, 2.45) is 0 Å². The van der Waals surface area contributed by atoms with Crippen LogP contribution in [0.1, 0.15) is 22.3 Å². The van der Waals surface area contributed by atoms with Crippen LogP contribution in [-0.4, -0.2) is 43.4 Å². The van der Waals surface area contributed by atoms with Crippen molar-refractivity contribution >= 4 is 69.4 Å². The zero-order chi connectivity index (χ0) is 27.3. The van der Waals surface area contributed by atoms with Crippen LogP contribution in [0, 0.1) is 47.9 Å². The lowest BCUT2D eigenvalue weighted by atomic mass is 10.1. The van der Waals surface area contributed by atoms with Crippen LogP contribution in [0.3, 0.4) is 0 Å². The molecule has 0 spiro atoms. The molecule has 2 amide bonds. The molecule has 0 atom stereocenters. The van der Waals surface area contributed by atoms with E-state index in [-0.39, 0.29) is 34.3 Å². The minimum atomic E-state index is -0.544. The van der Waals surface area contributed by atoms with Crippen molar-refractivity contribution in [2.75, 3.05) is 22.1 Å². The van der Waals surface area contributed by atoms with Crippen molar-refractivity contribution in [1.82, 2.24) is 10.2 Å². The largest absolute Gasteiger partial charge is 0.320 e. The summed E-state index contributed by atoms with van der Waals surface area (Å²) in [6, 6.07) is 5.96. The Morgan fingerprint density at radius 2 is 1.11 bits per heavy atom. The van der Waals surface area contributed by atoms with Crippen LogP contribution in [0.5, 0.6) is 0 Å². The van der Waals surface area contributed by atoms with E-state index in [0.717, 1.165) is 45.8 Å². The second kappa shape index (κ2) is 12.1. The van der Waals surface area contributed by atoms with Gasteiger partial charge in [-0.1, -0.05) is 34.9 Å². The standard InChI is InChI=1S/C22H22N6O6S3/c1-11-5-15(17(27(31)32)7-13(11)3)23-19(29)9-35-21-25-26-22(37-21)36-10-20(30)24-16-6-12(2)14(4)8-18(16)28(33)34/h5-8H,9-10H2,1-4H3,(H,23,29)(H,24,30). The highest BCUT2D eigenvalue weighted by atomic mass is 32.2. The topological polar surface area (TPSA) is 170 Å². The Balaban J connectivity index is 1.53. The van der Waals surface area contributed by atoms with Crippen molar-refractivity contribution in [1.29, 1.82) is 0 Å². The predicted molar refractivity (Wildman–Crippen MR) is 144 cm³/mol. The molecule has 3 aromatic rings. The lowest BCUT2D eigenvalue weighted by Gasteiger charge is -2.08. The third kappa shape index (κ3) is 7.47. The van der Waals surface area contributed by atoms with Gasteiger partial charge in [-0.15, -0.1) is 10.2 Å². The van der Waals surface area contributed by atoms with Gasteiger partial charge in [0, 0.05) is 12.1 Å². The molecule has 0 fully saturated rings. The number of nitro groups is 2. The van der Waals surface area contributed by atoms with E-state index in [1.807, 2.05) is 0 Å². The molecule has 0 saturated carbocycles. The van der Waals surface area contributed by atoms with E-state index in [9.17, 15) is 29.8 Å². The fourth-order valence-electron chi connectivity index (χ4n) is 3.05. The first-order valence-electron chi connectivity index (χ1n) is 10.6. The van der Waals surface area contributed by atoms with E-state index in [4.69, 9.17) is 0 Å². The van der Waals surface area contributed by atoms with Crippen LogP contribution in [0.2, 0.25) is 0 Å². The summed E-state index contributed by atoms with van der Waals surface area (Å²) in [5, 5.41) is 35.7. The minimum Gasteiger partial charge on any atom is -0.320 e. The van der Waals surface area contributed by atoms with Crippen LogP contribution in [0.4, 0.5) is 22.7 Å². The number of rotatable bonds is 10. The van der Waals surface area contributed by atoms with Crippen molar-refractivity contribution < 1.29 is 19.4 Å². The smallest absolute Gasteiger partial charge is 0.293 e. The maximum atomic E-state index is 12.4. The third-order valence-corrected chi connectivity index (χ3v) is 8.40. The molecule has 12 nitrogen and oxygen atoms in total. The average molecular weight is 563 g/mol. The molecule has 0 radical (unpaired) electrons. The molecule has 0 aliphatic carbocycles. The summed E-state index contributed by atoms with van der Waals surface area (Å²) >= 11 is 3.40. The molecule has 2 aromatic carbocycles. The third-order valence-electron chi connectivity index (χ3n) is 5.21. The number of thioether (sulfide) groups is 2. The molecular weight excluding hydrogens is 540 g/mol. The molecule has 1 aromatic heterocycles. The summed E-state index contributed by atoms with van der Waals surface area (Å²) in [6.45, 7) is 7.11. The van der Waals surface area contributed by atoms with Crippen LogP contribution < -0.4 is 10.6 Å². The number of nitro benzene ring substituents is 2. The fraction of sp³-hybridized carbons (Fsp3) is 0.273. The van der Waals surface area contributed by atoms with Crippen LogP contribution in [0.15, 0.2) is 32.9 Å². The molecule has 0 aliphatic heterocycles. The van der Waals surface area contributed by atoms with Crippen molar-refractivity contribution in [3.05, 3.63) is 66.7 Å². The number of hydrogen-bond acceptors (Lipinski definition) is 11. The van der Waals surface area contributed by atoms with Gasteiger partial charge in [-0.25, -0.2) is 0 Å². The lowest BCUT2D eigenvalue weighted by Crippen LogP contribution is -2.15. The molecule has 1 heterocycles. The highest BCUT2D eigenvalue weighted by molar-refractivity contribution is 8.03. The van der Waals surface area contributed by atoms with Gasteiger partial charge < -0.3 is 10.6 Å². The molecule has 3 rings (SSSR count). The fourth-order valence-corrected chi connectivity index (χ4v) is 5.67. The number of nitrogens with zero attached hydrogens (tertiary/aromatic N) is 4. The van der Waals surface area contributed by atoms with Crippen molar-refractivity contribution in [2.45, 2.75) is 36.4 Å². The molecule has 15 heteroatoms. The first-order valence-corrected chi connectivity index (χ1v) is 13.4. The maximum Gasteiger partial charge on any atom is 0.293 e. The number of anilines is 2. The van der Waals surface area contributed by atoms with E-state index < -0.39 is 21.7 Å². The molecule has 2 N–H and O–H groups in total. The van der Waals surface area contributed by atoms with Gasteiger partial charge in [0.1, 0.15) is 11.4 Å². The van der Waals surface area contributed by atoms with Gasteiger partial charge in [0.15, 0.2) is 8.68 Å². The zero-order valence-corrected chi connectivity index (χ0v) is 22.6. The molecular formula is C22H22N6O6S3. The van der Waals surface area contributed by atoms with E-state index in [0.29, 0.717) is 8.68 Å². The highest BCUT2D eigenvalue weighted by Gasteiger charge is 2.20. The summed E-state index contributed by atoms with van der Waals surface area (Å²) in [5.41, 5.74) is 3.02. The summed E-state index contributed by atoms with van der Waals surface area (Å²) in [7, 11) is 0. The van der Waals surface area contributed by atoms with Gasteiger partial charge in [-0.2, -0.15) is 0 Å².